The van der Waals surface area contributed by atoms with Gasteiger partial charge in [-0.25, -0.2) is 9.97 Å². The molecule has 136 valence electrons. The zero-order valence-corrected chi connectivity index (χ0v) is 14.5. The number of amides is 2. The number of hydrogen-bond acceptors (Lipinski definition) is 5. The lowest BCUT2D eigenvalue weighted by Gasteiger charge is -2.34. The number of carbonyl (C=O) groups is 2. The summed E-state index contributed by atoms with van der Waals surface area (Å²) in [6.45, 7) is 3.09. The van der Waals surface area contributed by atoms with Gasteiger partial charge in [0, 0.05) is 50.8 Å². The molecule has 0 atom stereocenters. The van der Waals surface area contributed by atoms with Gasteiger partial charge in [0.25, 0.3) is 5.91 Å². The molecule has 1 saturated heterocycles. The molecule has 0 aromatic carbocycles. The summed E-state index contributed by atoms with van der Waals surface area (Å²) in [5, 5.41) is 3.00. The smallest absolute Gasteiger partial charge is 0.255 e. The molecule has 0 radical (unpaired) electrons. The van der Waals surface area contributed by atoms with Crippen LogP contribution in [0.5, 0.6) is 0 Å². The van der Waals surface area contributed by atoms with Crippen LogP contribution in [0.1, 0.15) is 23.2 Å². The molecule has 0 spiro atoms. The molecule has 1 saturated carbocycles. The number of nitrogens with one attached hydrogen (secondary N) is 1. The number of pyridine rings is 1. The zero-order valence-electron chi connectivity index (χ0n) is 14.5. The van der Waals surface area contributed by atoms with E-state index < -0.39 is 0 Å². The minimum atomic E-state index is -0.0169. The molecule has 1 aliphatic carbocycles. The maximum atomic E-state index is 12.6. The van der Waals surface area contributed by atoms with E-state index in [4.69, 9.17) is 0 Å². The predicted octanol–water partition coefficient (Wildman–Crippen LogP) is 0.304. The number of imidazole rings is 1. The molecule has 2 aromatic heterocycles. The van der Waals surface area contributed by atoms with Crippen molar-refractivity contribution >= 4 is 11.8 Å². The summed E-state index contributed by atoms with van der Waals surface area (Å²) in [6, 6.07) is 4.00. The number of nitrogens with zero attached hydrogens (tertiary/aromatic N) is 5. The van der Waals surface area contributed by atoms with E-state index in [1.165, 1.54) is 0 Å². The van der Waals surface area contributed by atoms with Crippen LogP contribution in [0, 0.1) is 0 Å². The monoisotopic (exact) mass is 354 g/mol. The Labute approximate surface area is 151 Å². The molecule has 2 fully saturated rings. The maximum absolute atomic E-state index is 12.6. The van der Waals surface area contributed by atoms with Gasteiger partial charge < -0.3 is 10.2 Å². The quantitative estimate of drug-likeness (QED) is 0.835. The molecule has 2 aliphatic rings. The van der Waals surface area contributed by atoms with Gasteiger partial charge in [-0.3, -0.25) is 19.1 Å². The first-order chi connectivity index (χ1) is 12.7. The topological polar surface area (TPSA) is 83.4 Å². The number of rotatable bonds is 5. The van der Waals surface area contributed by atoms with E-state index in [-0.39, 0.29) is 11.8 Å². The number of aromatic nitrogens is 3. The Morgan fingerprint density at radius 2 is 1.96 bits per heavy atom. The molecule has 0 unspecified atom stereocenters. The normalized spacial score (nSPS) is 17.9. The Hall–Kier alpha value is -2.74. The summed E-state index contributed by atoms with van der Waals surface area (Å²) in [4.78, 5) is 36.8. The van der Waals surface area contributed by atoms with E-state index in [0.717, 1.165) is 18.7 Å². The molecule has 1 aliphatic heterocycles. The standard InChI is InChI=1S/C18H22N6O2/c25-17(21-15-2-3-15)12-22-7-9-23(10-8-22)18(26)14-1-4-16(20-11-14)24-6-5-19-13-24/h1,4-6,11,13,15H,2-3,7-10,12H2,(H,21,25). The van der Waals surface area contributed by atoms with Crippen molar-refractivity contribution in [2.75, 3.05) is 32.7 Å². The Morgan fingerprint density at radius 3 is 2.58 bits per heavy atom. The molecule has 8 nitrogen and oxygen atoms in total. The minimum absolute atomic E-state index is 0.0169. The minimum Gasteiger partial charge on any atom is -0.352 e. The summed E-state index contributed by atoms with van der Waals surface area (Å²) in [5.41, 5.74) is 0.578. The summed E-state index contributed by atoms with van der Waals surface area (Å²) in [7, 11) is 0. The highest BCUT2D eigenvalue weighted by Crippen LogP contribution is 2.18. The maximum Gasteiger partial charge on any atom is 0.255 e. The van der Waals surface area contributed by atoms with E-state index in [1.54, 1.807) is 29.4 Å². The molecule has 2 amide bonds. The zero-order chi connectivity index (χ0) is 17.9. The average Bonchev–Trinajstić information content (AvgIpc) is 3.30. The largest absolute Gasteiger partial charge is 0.352 e. The second kappa shape index (κ2) is 7.25. The molecule has 3 heterocycles. The molecular formula is C18H22N6O2. The Kier molecular flexibility index (Phi) is 4.66. The van der Waals surface area contributed by atoms with Gasteiger partial charge in [0.1, 0.15) is 12.1 Å². The van der Waals surface area contributed by atoms with Crippen molar-refractivity contribution in [3.8, 4) is 5.82 Å². The first-order valence-corrected chi connectivity index (χ1v) is 8.94. The number of carbonyl (C=O) groups excluding carboxylic acids is 2. The summed E-state index contributed by atoms with van der Waals surface area (Å²) in [5.74, 6) is 0.800. The molecule has 0 bridgehead atoms. The fourth-order valence-corrected chi connectivity index (χ4v) is 3.06. The van der Waals surface area contributed by atoms with E-state index >= 15 is 0 Å². The van der Waals surface area contributed by atoms with Gasteiger partial charge in [0.15, 0.2) is 0 Å². The van der Waals surface area contributed by atoms with Crippen LogP contribution in [0.2, 0.25) is 0 Å². The lowest BCUT2D eigenvalue weighted by atomic mass is 10.2. The van der Waals surface area contributed by atoms with Gasteiger partial charge in [0.05, 0.1) is 12.1 Å². The van der Waals surface area contributed by atoms with Crippen LogP contribution in [0.15, 0.2) is 37.1 Å². The van der Waals surface area contributed by atoms with Crippen LogP contribution in [0.4, 0.5) is 0 Å². The van der Waals surface area contributed by atoms with Crippen LogP contribution < -0.4 is 5.32 Å². The highest BCUT2D eigenvalue weighted by molar-refractivity contribution is 5.94. The molecule has 2 aromatic rings. The van der Waals surface area contributed by atoms with Gasteiger partial charge in [-0.1, -0.05) is 0 Å². The second-order valence-electron chi connectivity index (χ2n) is 6.79. The van der Waals surface area contributed by atoms with E-state index in [2.05, 4.69) is 20.2 Å². The van der Waals surface area contributed by atoms with Crippen LogP contribution in [0.25, 0.3) is 5.82 Å². The van der Waals surface area contributed by atoms with E-state index in [0.29, 0.717) is 44.3 Å². The summed E-state index contributed by atoms with van der Waals surface area (Å²) < 4.78 is 1.79. The highest BCUT2D eigenvalue weighted by atomic mass is 16.2. The van der Waals surface area contributed by atoms with Gasteiger partial charge >= 0.3 is 0 Å². The van der Waals surface area contributed by atoms with Gasteiger partial charge in [-0.2, -0.15) is 0 Å². The highest BCUT2D eigenvalue weighted by Gasteiger charge is 2.26. The second-order valence-corrected chi connectivity index (χ2v) is 6.79. The fraction of sp³-hybridized carbons (Fsp3) is 0.444. The first-order valence-electron chi connectivity index (χ1n) is 8.94. The van der Waals surface area contributed by atoms with Crippen molar-refractivity contribution in [2.24, 2.45) is 0 Å². The third-order valence-electron chi connectivity index (χ3n) is 4.73. The van der Waals surface area contributed by atoms with Crippen molar-refractivity contribution < 1.29 is 9.59 Å². The molecule has 8 heteroatoms. The van der Waals surface area contributed by atoms with Gasteiger partial charge in [-0.05, 0) is 25.0 Å². The van der Waals surface area contributed by atoms with Crippen LogP contribution in [-0.2, 0) is 4.79 Å². The Bertz CT molecular complexity index is 761. The van der Waals surface area contributed by atoms with Crippen molar-refractivity contribution in [3.05, 3.63) is 42.6 Å². The first kappa shape index (κ1) is 16.7. The molecule has 1 N–H and O–H groups in total. The Balaban J connectivity index is 1.29. The van der Waals surface area contributed by atoms with Crippen LogP contribution in [-0.4, -0.2) is 74.9 Å². The molecular weight excluding hydrogens is 332 g/mol. The number of piperazine rings is 1. The van der Waals surface area contributed by atoms with Gasteiger partial charge in [0.2, 0.25) is 5.91 Å². The lowest BCUT2D eigenvalue weighted by molar-refractivity contribution is -0.122. The number of hydrogen-bond donors (Lipinski definition) is 1. The van der Waals surface area contributed by atoms with Crippen LogP contribution >= 0.6 is 0 Å². The third kappa shape index (κ3) is 3.91. The van der Waals surface area contributed by atoms with E-state index in [9.17, 15) is 9.59 Å². The van der Waals surface area contributed by atoms with Crippen LogP contribution in [0.3, 0.4) is 0 Å². The van der Waals surface area contributed by atoms with Gasteiger partial charge in [-0.15, -0.1) is 0 Å². The van der Waals surface area contributed by atoms with Crippen molar-refractivity contribution in [1.29, 1.82) is 0 Å². The Morgan fingerprint density at radius 1 is 1.15 bits per heavy atom. The predicted molar refractivity (Wildman–Crippen MR) is 94.9 cm³/mol. The average molecular weight is 354 g/mol. The molecule has 26 heavy (non-hydrogen) atoms. The van der Waals surface area contributed by atoms with Crippen molar-refractivity contribution in [3.63, 3.8) is 0 Å². The van der Waals surface area contributed by atoms with Crippen molar-refractivity contribution in [1.82, 2.24) is 29.7 Å². The lowest BCUT2D eigenvalue weighted by Crippen LogP contribution is -2.51. The SMILES string of the molecule is O=C(CN1CCN(C(=O)c2ccc(-n3ccnc3)nc2)CC1)NC1CC1. The molecule has 4 rings (SSSR count). The fourth-order valence-electron chi connectivity index (χ4n) is 3.06. The summed E-state index contributed by atoms with van der Waals surface area (Å²) >= 11 is 0. The van der Waals surface area contributed by atoms with Crippen molar-refractivity contribution in [2.45, 2.75) is 18.9 Å². The third-order valence-corrected chi connectivity index (χ3v) is 4.73. The summed E-state index contributed by atoms with van der Waals surface area (Å²) in [6.07, 6.45) is 8.96. The van der Waals surface area contributed by atoms with E-state index in [1.807, 2.05) is 17.2 Å².